The van der Waals surface area contributed by atoms with Gasteiger partial charge in [-0.3, -0.25) is 0 Å². The average molecular weight is 211 g/mol. The van der Waals surface area contributed by atoms with Gasteiger partial charge in [-0.15, -0.1) is 0 Å². The molecule has 15 heavy (non-hydrogen) atoms. The molecule has 1 aromatic rings. The topological polar surface area (TPSA) is 12.0 Å². The van der Waals surface area contributed by atoms with Crippen molar-refractivity contribution in [3.05, 3.63) is 34.9 Å². The van der Waals surface area contributed by atoms with Gasteiger partial charge in [-0.25, -0.2) is 8.78 Å². The molecule has 1 aliphatic carbocycles. The van der Waals surface area contributed by atoms with Gasteiger partial charge in [0.1, 0.15) is 11.6 Å². The molecule has 0 bridgehead atoms. The fraction of sp³-hybridized carbons (Fsp3) is 0.500. The second-order valence-electron chi connectivity index (χ2n) is 4.28. The Kier molecular flexibility index (Phi) is 2.74. The zero-order valence-electron chi connectivity index (χ0n) is 8.98. The molecule has 0 spiro atoms. The van der Waals surface area contributed by atoms with Crippen LogP contribution in [0.3, 0.4) is 0 Å². The molecular weight excluding hydrogens is 196 g/mol. The predicted octanol–water partition coefficient (Wildman–Crippen LogP) is 2.74. The van der Waals surface area contributed by atoms with E-state index >= 15 is 0 Å². The van der Waals surface area contributed by atoms with Crippen LogP contribution in [0.1, 0.15) is 29.9 Å². The molecule has 3 heteroatoms. The second-order valence-corrected chi connectivity index (χ2v) is 4.28. The van der Waals surface area contributed by atoms with Crippen molar-refractivity contribution in [1.29, 1.82) is 0 Å². The molecule has 0 unspecified atom stereocenters. The van der Waals surface area contributed by atoms with Crippen molar-refractivity contribution in [2.45, 2.75) is 31.7 Å². The molecule has 2 rings (SSSR count). The largest absolute Gasteiger partial charge is 0.317 e. The average Bonchev–Trinajstić information content (AvgIpc) is 2.12. The summed E-state index contributed by atoms with van der Waals surface area (Å²) < 4.78 is 26.8. The van der Waals surface area contributed by atoms with E-state index in [1.54, 1.807) is 6.92 Å². The lowest BCUT2D eigenvalue weighted by Gasteiger charge is -2.35. The van der Waals surface area contributed by atoms with Crippen LogP contribution in [0.15, 0.2) is 12.1 Å². The van der Waals surface area contributed by atoms with Gasteiger partial charge in [-0.1, -0.05) is 0 Å². The number of aryl methyl sites for hydroxylation is 1. The number of benzene rings is 1. The molecule has 1 saturated carbocycles. The summed E-state index contributed by atoms with van der Waals surface area (Å²) >= 11 is 0. The highest BCUT2D eigenvalue weighted by atomic mass is 19.1. The zero-order chi connectivity index (χ0) is 11.0. The van der Waals surface area contributed by atoms with E-state index in [-0.39, 0.29) is 17.6 Å². The highest BCUT2D eigenvalue weighted by Gasteiger charge is 2.31. The van der Waals surface area contributed by atoms with Gasteiger partial charge in [-0.2, -0.15) is 0 Å². The van der Waals surface area contributed by atoms with Crippen LogP contribution in [0.5, 0.6) is 0 Å². The fourth-order valence-electron chi connectivity index (χ4n) is 2.08. The standard InChI is InChI=1S/C12H15F2N/c1-7-3-12(14)10(6-11(7)13)8-4-9(5-8)15-2/h3,6,8-9,15H,4-5H2,1-2H3. The predicted molar refractivity (Wildman–Crippen MR) is 55.9 cm³/mol. The minimum atomic E-state index is -0.306. The van der Waals surface area contributed by atoms with Crippen LogP contribution in [0.25, 0.3) is 0 Å². The number of halogens is 2. The lowest BCUT2D eigenvalue weighted by Crippen LogP contribution is -2.38. The molecule has 1 N–H and O–H groups in total. The Labute approximate surface area is 88.5 Å². The summed E-state index contributed by atoms with van der Waals surface area (Å²) in [5.74, 6) is -0.398. The Morgan fingerprint density at radius 1 is 1.20 bits per heavy atom. The van der Waals surface area contributed by atoms with E-state index in [2.05, 4.69) is 5.32 Å². The van der Waals surface area contributed by atoms with Crippen molar-refractivity contribution in [3.8, 4) is 0 Å². The molecule has 0 heterocycles. The first-order chi connectivity index (χ1) is 7.11. The maximum absolute atomic E-state index is 13.5. The van der Waals surface area contributed by atoms with Crippen LogP contribution >= 0.6 is 0 Å². The number of hydrogen-bond acceptors (Lipinski definition) is 1. The maximum atomic E-state index is 13.5. The van der Waals surface area contributed by atoms with Crippen LogP contribution < -0.4 is 5.32 Å². The fourth-order valence-corrected chi connectivity index (χ4v) is 2.08. The minimum Gasteiger partial charge on any atom is -0.317 e. The van der Waals surface area contributed by atoms with Crippen molar-refractivity contribution >= 4 is 0 Å². The van der Waals surface area contributed by atoms with Crippen LogP contribution in [-0.4, -0.2) is 13.1 Å². The first-order valence-electron chi connectivity index (χ1n) is 5.24. The Morgan fingerprint density at radius 3 is 2.47 bits per heavy atom. The molecule has 1 aromatic carbocycles. The van der Waals surface area contributed by atoms with Gasteiger partial charge in [0.25, 0.3) is 0 Å². The van der Waals surface area contributed by atoms with E-state index in [0.29, 0.717) is 17.2 Å². The smallest absolute Gasteiger partial charge is 0.127 e. The van der Waals surface area contributed by atoms with Crippen molar-refractivity contribution in [1.82, 2.24) is 5.32 Å². The Hall–Kier alpha value is -0.960. The second kappa shape index (κ2) is 3.89. The summed E-state index contributed by atoms with van der Waals surface area (Å²) in [5, 5.41) is 3.13. The zero-order valence-corrected chi connectivity index (χ0v) is 8.98. The van der Waals surface area contributed by atoms with E-state index < -0.39 is 0 Å². The van der Waals surface area contributed by atoms with E-state index in [9.17, 15) is 8.78 Å². The van der Waals surface area contributed by atoms with Gasteiger partial charge >= 0.3 is 0 Å². The molecule has 1 nitrogen and oxygen atoms in total. The molecular formula is C12H15F2N. The Bertz CT molecular complexity index is 370. The maximum Gasteiger partial charge on any atom is 0.127 e. The third kappa shape index (κ3) is 1.88. The normalized spacial score (nSPS) is 25.1. The van der Waals surface area contributed by atoms with E-state index in [0.717, 1.165) is 12.8 Å². The van der Waals surface area contributed by atoms with Gasteiger partial charge in [0.2, 0.25) is 0 Å². The quantitative estimate of drug-likeness (QED) is 0.793. The summed E-state index contributed by atoms with van der Waals surface area (Å²) in [5.41, 5.74) is 0.908. The molecule has 0 atom stereocenters. The van der Waals surface area contributed by atoms with Gasteiger partial charge in [0.05, 0.1) is 0 Å². The number of hydrogen-bond donors (Lipinski definition) is 1. The molecule has 1 aliphatic rings. The molecule has 0 aliphatic heterocycles. The lowest BCUT2D eigenvalue weighted by atomic mass is 9.75. The van der Waals surface area contributed by atoms with Crippen molar-refractivity contribution < 1.29 is 8.78 Å². The number of nitrogens with one attached hydrogen (secondary N) is 1. The van der Waals surface area contributed by atoms with Gasteiger partial charge in [-0.05, 0) is 56.0 Å². The van der Waals surface area contributed by atoms with Gasteiger partial charge in [0, 0.05) is 6.04 Å². The van der Waals surface area contributed by atoms with Crippen LogP contribution in [0.4, 0.5) is 8.78 Å². The van der Waals surface area contributed by atoms with Crippen LogP contribution in [0.2, 0.25) is 0 Å². The third-order valence-corrected chi connectivity index (χ3v) is 3.26. The van der Waals surface area contributed by atoms with Crippen molar-refractivity contribution in [2.75, 3.05) is 7.05 Å². The number of rotatable bonds is 2. The Balaban J connectivity index is 2.19. The first-order valence-corrected chi connectivity index (χ1v) is 5.24. The molecule has 1 fully saturated rings. The molecule has 0 amide bonds. The van der Waals surface area contributed by atoms with Gasteiger partial charge in [0.15, 0.2) is 0 Å². The van der Waals surface area contributed by atoms with Crippen molar-refractivity contribution in [3.63, 3.8) is 0 Å². The first kappa shape index (κ1) is 10.6. The monoisotopic (exact) mass is 211 g/mol. The van der Waals surface area contributed by atoms with Crippen LogP contribution in [0, 0.1) is 18.6 Å². The molecule has 82 valence electrons. The summed E-state index contributed by atoms with van der Waals surface area (Å²) in [6, 6.07) is 3.09. The summed E-state index contributed by atoms with van der Waals surface area (Å²) in [6.45, 7) is 1.58. The molecule has 0 aromatic heterocycles. The highest BCUT2D eigenvalue weighted by Crippen LogP contribution is 2.38. The molecule has 0 saturated heterocycles. The van der Waals surface area contributed by atoms with E-state index in [1.165, 1.54) is 12.1 Å². The van der Waals surface area contributed by atoms with Gasteiger partial charge < -0.3 is 5.32 Å². The minimum absolute atomic E-state index is 0.178. The highest BCUT2D eigenvalue weighted by molar-refractivity contribution is 5.29. The van der Waals surface area contributed by atoms with Crippen molar-refractivity contribution in [2.24, 2.45) is 0 Å². The summed E-state index contributed by atoms with van der Waals surface area (Å²) in [6.07, 6.45) is 1.80. The van der Waals surface area contributed by atoms with E-state index in [4.69, 9.17) is 0 Å². The lowest BCUT2D eigenvalue weighted by molar-refractivity contribution is 0.300. The third-order valence-electron chi connectivity index (χ3n) is 3.26. The summed E-state index contributed by atoms with van der Waals surface area (Å²) in [4.78, 5) is 0. The summed E-state index contributed by atoms with van der Waals surface area (Å²) in [7, 11) is 1.90. The van der Waals surface area contributed by atoms with E-state index in [1.807, 2.05) is 7.05 Å². The van der Waals surface area contributed by atoms with Crippen LogP contribution in [-0.2, 0) is 0 Å². The molecule has 0 radical (unpaired) electrons. The Morgan fingerprint density at radius 2 is 1.87 bits per heavy atom. The SMILES string of the molecule is CNC1CC(c2cc(F)c(C)cc2F)C1.